The minimum Gasteiger partial charge on any atom is -0.437 e. The van der Waals surface area contributed by atoms with E-state index in [4.69, 9.17) is 9.25 Å². The summed E-state index contributed by atoms with van der Waals surface area (Å²) in [6, 6.07) is 14.2. The number of rotatable bonds is 6. The molecule has 4 nitrogen and oxygen atoms in total. The van der Waals surface area contributed by atoms with Gasteiger partial charge in [0.1, 0.15) is 5.82 Å². The number of benzene rings is 2. The van der Waals surface area contributed by atoms with Gasteiger partial charge < -0.3 is 9.25 Å². The topological polar surface area (TPSA) is 47.6 Å². The Morgan fingerprint density at radius 3 is 2.52 bits per heavy atom. The molecule has 5 heteroatoms. The van der Waals surface area contributed by atoms with E-state index in [-0.39, 0.29) is 12.4 Å². The van der Waals surface area contributed by atoms with Gasteiger partial charge in [-0.25, -0.2) is 9.37 Å². The summed E-state index contributed by atoms with van der Waals surface area (Å²) in [4.78, 5) is 9.35. The van der Waals surface area contributed by atoms with E-state index in [1.54, 1.807) is 24.5 Å². The predicted molar refractivity (Wildman–Crippen MR) is 94.8 cm³/mol. The fraction of sp³-hybridized carbons (Fsp3) is 0.200. The molecule has 0 N–H and O–H groups in total. The maximum Gasteiger partial charge on any atom is 0.235 e. The molecule has 2 aromatic carbocycles. The highest BCUT2D eigenvalue weighted by atomic mass is 19.1. The number of oxime groups is 1. The maximum absolute atomic E-state index is 12.9. The Bertz CT molecular complexity index is 837. The lowest BCUT2D eigenvalue weighted by molar-refractivity contribution is 0.113. The van der Waals surface area contributed by atoms with E-state index < -0.39 is 0 Å². The van der Waals surface area contributed by atoms with Crippen LogP contribution in [-0.4, -0.2) is 11.2 Å². The van der Waals surface area contributed by atoms with Crippen LogP contribution in [0.2, 0.25) is 0 Å². The number of oxazole rings is 1. The highest BCUT2D eigenvalue weighted by Crippen LogP contribution is 2.21. The van der Waals surface area contributed by atoms with Crippen LogP contribution in [0.5, 0.6) is 0 Å². The monoisotopic (exact) mass is 338 g/mol. The van der Waals surface area contributed by atoms with Crippen LogP contribution in [0.3, 0.4) is 0 Å². The Kier molecular flexibility index (Phi) is 5.23. The van der Waals surface area contributed by atoms with Gasteiger partial charge >= 0.3 is 0 Å². The molecule has 0 aliphatic rings. The normalized spacial score (nSPS) is 11.4. The van der Waals surface area contributed by atoms with Crippen molar-refractivity contribution in [3.8, 4) is 11.3 Å². The molecule has 0 bridgehead atoms. The lowest BCUT2D eigenvalue weighted by Crippen LogP contribution is -1.90. The van der Waals surface area contributed by atoms with Crippen LogP contribution in [0.1, 0.15) is 36.8 Å². The fourth-order valence-corrected chi connectivity index (χ4v) is 2.28. The van der Waals surface area contributed by atoms with Gasteiger partial charge in [0.25, 0.3) is 0 Å². The minimum absolute atomic E-state index is 0.127. The molecule has 0 saturated carbocycles. The van der Waals surface area contributed by atoms with Crippen molar-refractivity contribution in [1.29, 1.82) is 0 Å². The van der Waals surface area contributed by atoms with E-state index in [9.17, 15) is 4.39 Å². The Morgan fingerprint density at radius 2 is 1.84 bits per heavy atom. The van der Waals surface area contributed by atoms with E-state index in [1.807, 2.05) is 12.1 Å². The summed E-state index contributed by atoms with van der Waals surface area (Å²) in [5, 5.41) is 3.93. The average Bonchev–Trinajstić information content (AvgIpc) is 3.09. The van der Waals surface area contributed by atoms with Crippen molar-refractivity contribution in [2.24, 2.45) is 5.16 Å². The van der Waals surface area contributed by atoms with Crippen LogP contribution >= 0.6 is 0 Å². The van der Waals surface area contributed by atoms with Crippen LogP contribution in [0.25, 0.3) is 11.3 Å². The molecule has 3 rings (SSSR count). The van der Waals surface area contributed by atoms with E-state index in [2.05, 4.69) is 36.1 Å². The highest BCUT2D eigenvalue weighted by Gasteiger charge is 2.06. The summed E-state index contributed by atoms with van der Waals surface area (Å²) >= 11 is 0. The third-order valence-electron chi connectivity index (χ3n) is 3.75. The Hall–Kier alpha value is -2.95. The van der Waals surface area contributed by atoms with Crippen molar-refractivity contribution < 1.29 is 13.6 Å². The second kappa shape index (κ2) is 7.75. The quantitative estimate of drug-likeness (QED) is 0.461. The Morgan fingerprint density at radius 1 is 1.12 bits per heavy atom. The first-order valence-electron chi connectivity index (χ1n) is 8.08. The fourth-order valence-electron chi connectivity index (χ4n) is 2.28. The van der Waals surface area contributed by atoms with Crippen LogP contribution < -0.4 is 0 Å². The number of nitrogens with zero attached hydrogens (tertiary/aromatic N) is 2. The lowest BCUT2D eigenvalue weighted by Gasteiger charge is -2.04. The minimum atomic E-state index is -0.289. The van der Waals surface area contributed by atoms with Gasteiger partial charge in [0.05, 0.1) is 12.4 Å². The molecule has 0 radical (unpaired) electrons. The first-order valence-corrected chi connectivity index (χ1v) is 8.08. The standard InChI is InChI=1S/C20H19FN2O2/c1-14(2)16-5-3-15(4-6-16)11-23-24-13-20-22-12-19(25-20)17-7-9-18(21)10-8-17/h3-12,14H,13H2,1-2H3/b23-11-. The van der Waals surface area contributed by atoms with Gasteiger partial charge in [-0.1, -0.05) is 43.3 Å². The molecule has 1 aromatic heterocycles. The molecule has 0 aliphatic carbocycles. The smallest absolute Gasteiger partial charge is 0.235 e. The van der Waals surface area contributed by atoms with Crippen LogP contribution in [0.4, 0.5) is 4.39 Å². The van der Waals surface area contributed by atoms with E-state index >= 15 is 0 Å². The molecule has 0 spiro atoms. The molecule has 0 unspecified atom stereocenters. The summed E-state index contributed by atoms with van der Waals surface area (Å²) in [6.07, 6.45) is 3.23. The maximum atomic E-state index is 12.9. The molecule has 25 heavy (non-hydrogen) atoms. The van der Waals surface area contributed by atoms with Crippen LogP contribution in [-0.2, 0) is 11.4 Å². The molecule has 0 amide bonds. The van der Waals surface area contributed by atoms with Crippen molar-refractivity contribution in [3.05, 3.63) is 77.6 Å². The Balaban J connectivity index is 1.54. The van der Waals surface area contributed by atoms with Gasteiger partial charge in [0.15, 0.2) is 12.4 Å². The van der Waals surface area contributed by atoms with E-state index in [0.717, 1.165) is 11.1 Å². The van der Waals surface area contributed by atoms with Gasteiger partial charge in [-0.05, 0) is 41.3 Å². The van der Waals surface area contributed by atoms with Crippen molar-refractivity contribution in [3.63, 3.8) is 0 Å². The van der Waals surface area contributed by atoms with Gasteiger partial charge in [-0.15, -0.1) is 0 Å². The number of halogens is 1. The van der Waals surface area contributed by atoms with Gasteiger partial charge in [-0.3, -0.25) is 0 Å². The van der Waals surface area contributed by atoms with Crippen molar-refractivity contribution >= 4 is 6.21 Å². The molecule has 0 aliphatic heterocycles. The van der Waals surface area contributed by atoms with E-state index in [1.165, 1.54) is 17.7 Å². The first-order chi connectivity index (χ1) is 12.1. The molecule has 3 aromatic rings. The highest BCUT2D eigenvalue weighted by molar-refractivity contribution is 5.79. The van der Waals surface area contributed by atoms with Gasteiger partial charge in [-0.2, -0.15) is 0 Å². The molecule has 0 saturated heterocycles. The van der Waals surface area contributed by atoms with Gasteiger partial charge in [0, 0.05) is 5.56 Å². The Labute approximate surface area is 146 Å². The van der Waals surface area contributed by atoms with E-state index in [0.29, 0.717) is 17.6 Å². The summed E-state index contributed by atoms with van der Waals surface area (Å²) < 4.78 is 18.5. The molecule has 128 valence electrons. The zero-order chi connectivity index (χ0) is 17.6. The van der Waals surface area contributed by atoms with Crippen molar-refractivity contribution in [2.75, 3.05) is 0 Å². The van der Waals surface area contributed by atoms with Gasteiger partial charge in [0.2, 0.25) is 5.89 Å². The average molecular weight is 338 g/mol. The van der Waals surface area contributed by atoms with Crippen LogP contribution in [0, 0.1) is 5.82 Å². The molecule has 1 heterocycles. The molecular formula is C20H19FN2O2. The SMILES string of the molecule is CC(C)c1ccc(/C=N\OCc2ncc(-c3ccc(F)cc3)o2)cc1. The second-order valence-corrected chi connectivity index (χ2v) is 5.95. The summed E-state index contributed by atoms with van der Waals surface area (Å²) in [5.74, 6) is 1.18. The summed E-state index contributed by atoms with van der Waals surface area (Å²) in [5.41, 5.74) is 3.00. The third kappa shape index (κ3) is 4.53. The second-order valence-electron chi connectivity index (χ2n) is 5.95. The number of hydrogen-bond donors (Lipinski definition) is 0. The predicted octanol–water partition coefficient (Wildman–Crippen LogP) is 5.15. The lowest BCUT2D eigenvalue weighted by atomic mass is 10.0. The van der Waals surface area contributed by atoms with Crippen molar-refractivity contribution in [2.45, 2.75) is 26.4 Å². The number of aromatic nitrogens is 1. The van der Waals surface area contributed by atoms with Crippen LogP contribution in [0.15, 0.2) is 64.3 Å². The summed E-state index contributed by atoms with van der Waals surface area (Å²) in [6.45, 7) is 4.44. The third-order valence-corrected chi connectivity index (χ3v) is 3.75. The number of hydrogen-bond acceptors (Lipinski definition) is 4. The molecule has 0 atom stereocenters. The zero-order valence-electron chi connectivity index (χ0n) is 14.1. The first kappa shape index (κ1) is 16.9. The zero-order valence-corrected chi connectivity index (χ0v) is 14.1. The largest absolute Gasteiger partial charge is 0.437 e. The molecular weight excluding hydrogens is 319 g/mol. The molecule has 0 fully saturated rings. The van der Waals surface area contributed by atoms with Crippen molar-refractivity contribution in [1.82, 2.24) is 4.98 Å². The summed E-state index contributed by atoms with van der Waals surface area (Å²) in [7, 11) is 0.